The van der Waals surface area contributed by atoms with Crippen LogP contribution in [-0.4, -0.2) is 257 Å². The summed E-state index contributed by atoms with van der Waals surface area (Å²) in [4.78, 5) is 259. The first-order chi connectivity index (χ1) is 58.6. The Morgan fingerprint density at radius 2 is 0.424 bits per heavy atom. The predicted molar refractivity (Wildman–Crippen MR) is 570 cm³/mol. The van der Waals surface area contributed by atoms with Gasteiger partial charge >= 0.3 is 59.7 Å². The Hall–Kier alpha value is -11.2. The van der Waals surface area contributed by atoms with Crippen molar-refractivity contribution < 1.29 is 153 Å². The summed E-state index contributed by atoms with van der Waals surface area (Å²) in [6, 6.07) is -8.60. The van der Waals surface area contributed by atoms with E-state index in [0.717, 1.165) is 0 Å². The van der Waals surface area contributed by atoms with Crippen LogP contribution in [0.2, 0.25) is 0 Å². The average Bonchev–Trinajstić information content (AvgIpc) is 0.894. The van der Waals surface area contributed by atoms with Crippen molar-refractivity contribution in [3.8, 4) is 0 Å². The molecule has 44 heteroatoms. The molecule has 144 heavy (non-hydrogen) atoms. The number of Topliss-reactive ketones (excluding diaryl/α,β-unsaturated/α-hetero) is 3. The summed E-state index contributed by atoms with van der Waals surface area (Å²) in [5, 5.41) is 39.1. The molecule has 13 N–H and O–H groups in total. The number of carbonyl (C=O) groups is 22. The Morgan fingerprint density at radius 3 is 0.667 bits per heavy atom. The molecule has 0 rings (SSSR count). The number of likely N-dealkylation sites (N-methyl/N-ethyl adjacent to an activating group) is 3. The molecule has 44 nitrogen and oxygen atoms in total. The number of hydrogen-bond donors (Lipinski definition) is 13. The predicted octanol–water partition coefficient (Wildman–Crippen LogP) is 12.2. The van der Waals surface area contributed by atoms with Crippen LogP contribution in [0.1, 0.15) is 368 Å². The smallest absolute Gasteiger partial charge is 0.331 e. The first-order valence-corrected chi connectivity index (χ1v) is 41.5. The second-order valence-electron chi connectivity index (χ2n) is 31.7. The van der Waals surface area contributed by atoms with Gasteiger partial charge in [-0.2, -0.15) is 0 Å². The molecule has 0 aliphatic carbocycles. The zero-order valence-corrected chi connectivity index (χ0v) is 77.2. The number of nitrogens with one attached hydrogen (secondary N) is 12. The third kappa shape index (κ3) is 102. The van der Waals surface area contributed by atoms with Crippen LogP contribution in [0.25, 0.3) is 0 Å². The van der Waals surface area contributed by atoms with Crippen LogP contribution in [0.15, 0.2) is 0 Å². The molecule has 9 amide bonds. The molecule has 0 bridgehead atoms. The van der Waals surface area contributed by atoms with E-state index in [1.54, 1.807) is 35.0 Å². The molecular formula is C100H212N12O32. The fraction of sp³-hybridized carbons (Fsp3) is 0.780. The zero-order valence-electron chi connectivity index (χ0n) is 77.2. The van der Waals surface area contributed by atoms with Crippen LogP contribution >= 0.6 is 0 Å². The van der Waals surface area contributed by atoms with Gasteiger partial charge in [0.1, 0.15) is 90.6 Å². The van der Waals surface area contributed by atoms with Crippen LogP contribution in [0.3, 0.4) is 0 Å². The molecule has 0 aromatic heterocycles. The van der Waals surface area contributed by atoms with Gasteiger partial charge in [-0.1, -0.05) is 217 Å². The summed E-state index contributed by atoms with van der Waals surface area (Å²) < 4.78 is 44.0. The summed E-state index contributed by atoms with van der Waals surface area (Å²) in [6.45, 7) is 31.4. The Balaban J connectivity index is -0.0000000680. The van der Waals surface area contributed by atoms with E-state index in [2.05, 4.69) is 63.8 Å². The first-order valence-electron chi connectivity index (χ1n) is 41.5. The van der Waals surface area contributed by atoms with Crippen molar-refractivity contribution in [2.75, 3.05) is 61.6 Å². The van der Waals surface area contributed by atoms with Gasteiger partial charge in [-0.15, -0.1) is 0 Å². The van der Waals surface area contributed by atoms with Gasteiger partial charge in [-0.05, 0) is 163 Å². The zero-order chi connectivity index (χ0) is 97.6. The maximum Gasteiger partial charge on any atom is 0.331 e. The Bertz CT molecular complexity index is 3530. The topological polar surface area (TPSA) is 623 Å². The van der Waals surface area contributed by atoms with Crippen LogP contribution in [0.5, 0.6) is 0 Å². The van der Waals surface area contributed by atoms with Crippen LogP contribution < -0.4 is 63.8 Å². The number of carbonyl (C=O) groups excluding carboxylic acids is 21. The highest BCUT2D eigenvalue weighted by Crippen LogP contribution is 2.14. The van der Waals surface area contributed by atoms with E-state index in [9.17, 15) is 111 Å². The van der Waals surface area contributed by atoms with Crippen LogP contribution in [-0.2, 0) is 148 Å². The molecule has 0 spiro atoms. The maximum atomic E-state index is 12.5. The fourth-order valence-electron chi connectivity index (χ4n) is 10.2. The second kappa shape index (κ2) is 108. The summed E-state index contributed by atoms with van der Waals surface area (Å²) in [6.07, 6.45) is 0.841. The van der Waals surface area contributed by atoms with E-state index in [1.165, 1.54) is 41.5 Å². The molecule has 0 heterocycles. The highest BCUT2D eigenvalue weighted by Gasteiger charge is 2.32. The molecule has 10 unspecified atom stereocenters. The Morgan fingerprint density at radius 1 is 0.229 bits per heavy atom. The van der Waals surface area contributed by atoms with Gasteiger partial charge in [0, 0.05) is 12.8 Å². The molecule has 0 radical (unpaired) electrons. The standard InChI is InChI=1S/C25H40N4O12.C23H41N3O8.C22H38N4O8.C12H21NO4.18CH4/c1-14(30)11-21(33)29-18(5)25(37)41-13-40-24(36)17(4)28-20(32)10-8-7-9-19(31)27-16(3)23(35)39-12-38-22(34)15(2)26-6;1-13(2)8-16(21(29)30)25-19(27)11-20(28)26-18(10-15(5)6)23(32)34-12-33-22(31)17(24-7)9-14(3)4;1-13(2)7-16(23-6)21(31)33-12-34-22(32)17(8-14(3)4)26-20(30)10-19(29)25-11-24-18(28)9-15(5)27;1-5-17-12(16)10(6-8(2)3)13-11(15)7-9(4)14;;;;;;;;;;;;;;;;;;/h15-18,26H,7-13H2,1-6H3,(H,27,31)(H,28,32)(H,29,33);13-18,24H,8-12H2,1-7H3,(H,25,27)(H,26,28)(H,29,30);13-14,16-17,23H,7-12H2,1-6H3,(H,24,28)(H,25,29)(H,26,30);8,10H,5-7H2,1-4H3,(H,13,15);18*1H4. The molecule has 0 saturated carbocycles. The molecule has 0 aromatic carbocycles. The first kappa shape index (κ1) is 188. The number of carboxylic acids is 1. The van der Waals surface area contributed by atoms with Crippen LogP contribution in [0.4, 0.5) is 0 Å². The van der Waals surface area contributed by atoms with E-state index in [4.69, 9.17) is 42.6 Å². The average molecular weight is 2090 g/mol. The second-order valence-corrected chi connectivity index (χ2v) is 31.7. The van der Waals surface area contributed by atoms with Crippen molar-refractivity contribution >= 4 is 130 Å². The lowest BCUT2D eigenvalue weighted by atomic mass is 10.0. The highest BCUT2D eigenvalue weighted by atomic mass is 16.7. The minimum absolute atomic E-state index is 0. The molecule has 0 fully saturated rings. The van der Waals surface area contributed by atoms with Gasteiger partial charge in [0.25, 0.3) is 0 Å². The normalized spacial score (nSPS) is 11.4. The molecule has 0 aliphatic heterocycles. The summed E-state index contributed by atoms with van der Waals surface area (Å²) >= 11 is 0. The number of esters is 9. The van der Waals surface area contributed by atoms with Crippen molar-refractivity contribution in [2.45, 2.75) is 429 Å². The van der Waals surface area contributed by atoms with Gasteiger partial charge in [0.15, 0.2) is 0 Å². The number of rotatable bonds is 58. The van der Waals surface area contributed by atoms with Crippen LogP contribution in [0, 0.1) is 35.5 Å². The maximum absolute atomic E-state index is 12.5. The summed E-state index contributed by atoms with van der Waals surface area (Å²) in [5.74, 6) is -13.1. The van der Waals surface area contributed by atoms with Crippen molar-refractivity contribution in [1.82, 2.24) is 63.8 Å². The minimum atomic E-state index is -1.19. The highest BCUT2D eigenvalue weighted by molar-refractivity contribution is 6.02. The quantitative estimate of drug-likeness (QED) is 0.00884. The number of aliphatic carboxylic acids is 1. The van der Waals surface area contributed by atoms with E-state index in [-0.39, 0.29) is 251 Å². The number of hydrogen-bond acceptors (Lipinski definition) is 34. The van der Waals surface area contributed by atoms with Crippen molar-refractivity contribution in [1.29, 1.82) is 0 Å². The summed E-state index contributed by atoms with van der Waals surface area (Å²) in [5.41, 5.74) is 0. The van der Waals surface area contributed by atoms with Gasteiger partial charge in [-0.3, -0.25) is 71.9 Å². The number of carboxylic acid groups (broad SMARTS) is 1. The van der Waals surface area contributed by atoms with Gasteiger partial charge in [0.2, 0.25) is 80.3 Å². The van der Waals surface area contributed by atoms with Gasteiger partial charge in [-0.25, -0.2) is 33.6 Å². The fourth-order valence-corrected chi connectivity index (χ4v) is 10.2. The van der Waals surface area contributed by atoms with E-state index in [0.29, 0.717) is 32.1 Å². The lowest BCUT2D eigenvalue weighted by molar-refractivity contribution is -0.172. The largest absolute Gasteiger partial charge is 0.480 e. The van der Waals surface area contributed by atoms with E-state index >= 15 is 0 Å². The number of unbranched alkanes of at least 4 members (excludes halogenated alkanes) is 1. The van der Waals surface area contributed by atoms with Crippen molar-refractivity contribution in [3.63, 3.8) is 0 Å². The summed E-state index contributed by atoms with van der Waals surface area (Å²) in [7, 11) is 4.83. The molecule has 0 saturated heterocycles. The Kier molecular flexibility index (Phi) is 140. The lowest BCUT2D eigenvalue weighted by Crippen LogP contribution is -2.47. The molecule has 864 valence electrons. The SMILES string of the molecule is C.C.C.C.C.C.C.C.C.C.C.C.C.C.C.C.C.C.CCOC(=O)C(CC(C)C)NC(=O)CC(C)=O.CNC(C)C(=O)OCOC(=O)C(C)NC(=O)CCCCC(=O)NC(C)C(=O)OCOC(=O)C(C)NC(=O)CC(C)=O.CNC(CC(C)C)C(=O)OCOC(=O)C(CC(C)C)NC(=O)CC(=O)NC(CC(C)C)C(=O)O.CNC(CC(C)C)C(=O)OCOC(=O)C(CC(C)C)NC(=O)CC(=O)NCNC(=O)CC(C)=O. The van der Waals surface area contributed by atoms with Crippen molar-refractivity contribution in [2.24, 2.45) is 35.5 Å². The lowest BCUT2D eigenvalue weighted by Gasteiger charge is -2.21. The monoisotopic (exact) mass is 2090 g/mol. The molecular weight excluding hydrogens is 1880 g/mol. The third-order valence-corrected chi connectivity index (χ3v) is 16.4. The number of ether oxygens (including phenoxy) is 9. The molecule has 0 aliphatic rings. The van der Waals surface area contributed by atoms with E-state index in [1.807, 2.05) is 83.1 Å². The number of amides is 9. The third-order valence-electron chi connectivity index (χ3n) is 16.4. The minimum Gasteiger partial charge on any atom is -0.480 e. The van der Waals surface area contributed by atoms with Crippen molar-refractivity contribution in [3.05, 3.63) is 0 Å². The van der Waals surface area contributed by atoms with E-state index < -0.39 is 213 Å². The Labute approximate surface area is 869 Å². The van der Waals surface area contributed by atoms with Gasteiger partial charge < -0.3 is 112 Å². The molecule has 0 aromatic rings. The molecule has 10 atom stereocenters. The number of ketones is 3. The van der Waals surface area contributed by atoms with Gasteiger partial charge in [0.05, 0.1) is 32.5 Å².